The van der Waals surface area contributed by atoms with Crippen LogP contribution in [0.25, 0.3) is 0 Å². The molecule has 0 aromatic rings. The van der Waals surface area contributed by atoms with Crippen LogP contribution in [-0.2, 0) is 9.53 Å². The quantitative estimate of drug-likeness (QED) is 0.705. The van der Waals surface area contributed by atoms with Crippen LogP contribution < -0.4 is 5.32 Å². The molecule has 82 valence electrons. The predicted molar refractivity (Wildman–Crippen MR) is 56.1 cm³/mol. The van der Waals surface area contributed by atoms with Gasteiger partial charge < -0.3 is 10.1 Å². The maximum atomic E-state index is 11.8. The second-order valence-electron chi connectivity index (χ2n) is 4.34. The average Bonchev–Trinajstić information content (AvgIpc) is 2.18. The van der Waals surface area contributed by atoms with Crippen molar-refractivity contribution in [2.24, 2.45) is 0 Å². The van der Waals surface area contributed by atoms with E-state index in [1.165, 1.54) is 0 Å². The summed E-state index contributed by atoms with van der Waals surface area (Å²) >= 11 is 0. The highest BCUT2D eigenvalue weighted by molar-refractivity contribution is 5.80. The van der Waals surface area contributed by atoms with Crippen LogP contribution in [0.5, 0.6) is 0 Å². The lowest BCUT2D eigenvalue weighted by molar-refractivity contribution is -0.156. The van der Waals surface area contributed by atoms with Gasteiger partial charge in [0.15, 0.2) is 0 Å². The van der Waals surface area contributed by atoms with Crippen molar-refractivity contribution in [1.82, 2.24) is 5.32 Å². The molecule has 1 aliphatic rings. The molecule has 1 rings (SSSR count). The van der Waals surface area contributed by atoms with E-state index >= 15 is 0 Å². The Balaban J connectivity index is 2.49. The first-order chi connectivity index (χ1) is 6.58. The molecule has 0 saturated carbocycles. The highest BCUT2D eigenvalue weighted by Crippen LogP contribution is 2.21. The van der Waals surface area contributed by atoms with Crippen molar-refractivity contribution in [1.29, 1.82) is 0 Å². The minimum atomic E-state index is -0.443. The van der Waals surface area contributed by atoms with E-state index in [9.17, 15) is 4.79 Å². The number of carbonyl (C=O) groups is 1. The minimum absolute atomic E-state index is 0.0306. The van der Waals surface area contributed by atoms with Gasteiger partial charge in [-0.1, -0.05) is 6.92 Å². The Morgan fingerprint density at radius 3 is 2.79 bits per heavy atom. The molecule has 2 atom stereocenters. The zero-order valence-electron chi connectivity index (χ0n) is 9.43. The summed E-state index contributed by atoms with van der Waals surface area (Å²) in [5.74, 6) is -0.0912. The van der Waals surface area contributed by atoms with Crippen molar-refractivity contribution in [3.05, 3.63) is 0 Å². The first kappa shape index (κ1) is 11.5. The maximum absolute atomic E-state index is 11.8. The molecule has 1 saturated heterocycles. The molecule has 0 aromatic heterocycles. The lowest BCUT2D eigenvalue weighted by Gasteiger charge is -2.33. The van der Waals surface area contributed by atoms with Gasteiger partial charge in [0, 0.05) is 0 Å². The summed E-state index contributed by atoms with van der Waals surface area (Å²) in [5.41, 5.74) is -0.443. The first-order valence-electron chi connectivity index (χ1n) is 5.54. The fourth-order valence-corrected chi connectivity index (χ4v) is 1.63. The molecular weight excluding hydrogens is 178 g/mol. The van der Waals surface area contributed by atoms with E-state index in [-0.39, 0.29) is 12.1 Å². The second kappa shape index (κ2) is 4.78. The molecule has 0 amide bonds. The Hall–Kier alpha value is -0.570. The van der Waals surface area contributed by atoms with E-state index in [1.54, 1.807) is 0 Å². The summed E-state index contributed by atoms with van der Waals surface area (Å²) in [6, 6.07) is 0. The van der Waals surface area contributed by atoms with Crippen molar-refractivity contribution in [2.75, 3.05) is 6.54 Å². The molecule has 0 radical (unpaired) electrons. The summed E-state index contributed by atoms with van der Waals surface area (Å²) in [5, 5.41) is 3.25. The second-order valence-corrected chi connectivity index (χ2v) is 4.34. The Kier molecular flexibility index (Phi) is 3.93. The van der Waals surface area contributed by atoms with Crippen LogP contribution in [-0.4, -0.2) is 24.2 Å². The van der Waals surface area contributed by atoms with Gasteiger partial charge in [0.05, 0.1) is 6.10 Å². The van der Waals surface area contributed by atoms with Crippen LogP contribution in [0.2, 0.25) is 0 Å². The molecule has 1 heterocycles. The number of esters is 1. The number of ether oxygens (including phenoxy) is 1. The first-order valence-corrected chi connectivity index (χ1v) is 5.54. The smallest absolute Gasteiger partial charge is 0.326 e. The number of hydrogen-bond donors (Lipinski definition) is 1. The molecule has 14 heavy (non-hydrogen) atoms. The van der Waals surface area contributed by atoms with E-state index in [0.29, 0.717) is 0 Å². The van der Waals surface area contributed by atoms with E-state index in [0.717, 1.165) is 32.2 Å². The summed E-state index contributed by atoms with van der Waals surface area (Å²) in [6.45, 7) is 6.82. The molecule has 0 bridgehead atoms. The van der Waals surface area contributed by atoms with Crippen LogP contribution >= 0.6 is 0 Å². The number of hydrogen-bond acceptors (Lipinski definition) is 3. The fourth-order valence-electron chi connectivity index (χ4n) is 1.63. The van der Waals surface area contributed by atoms with Gasteiger partial charge in [-0.2, -0.15) is 0 Å². The summed E-state index contributed by atoms with van der Waals surface area (Å²) in [6.07, 6.45) is 4.07. The van der Waals surface area contributed by atoms with Crippen LogP contribution in [0, 0.1) is 0 Å². The molecule has 2 unspecified atom stereocenters. The van der Waals surface area contributed by atoms with Gasteiger partial charge in [0.1, 0.15) is 5.54 Å². The molecule has 3 nitrogen and oxygen atoms in total. The van der Waals surface area contributed by atoms with Crippen LogP contribution in [0.1, 0.15) is 46.5 Å². The van der Waals surface area contributed by atoms with Crippen molar-refractivity contribution < 1.29 is 9.53 Å². The zero-order valence-corrected chi connectivity index (χ0v) is 9.43. The SMILES string of the molecule is CCC(C)OC(=O)C1(C)CCCCN1. The fraction of sp³-hybridized carbons (Fsp3) is 0.909. The Bertz CT molecular complexity index is 197. The van der Waals surface area contributed by atoms with E-state index in [4.69, 9.17) is 4.74 Å². The van der Waals surface area contributed by atoms with E-state index in [1.807, 2.05) is 20.8 Å². The Morgan fingerprint density at radius 2 is 2.29 bits per heavy atom. The summed E-state index contributed by atoms with van der Waals surface area (Å²) in [4.78, 5) is 11.8. The summed E-state index contributed by atoms with van der Waals surface area (Å²) < 4.78 is 5.34. The predicted octanol–water partition coefficient (Wildman–Crippen LogP) is 1.86. The maximum Gasteiger partial charge on any atom is 0.326 e. The molecule has 1 aliphatic heterocycles. The Morgan fingerprint density at radius 1 is 1.57 bits per heavy atom. The van der Waals surface area contributed by atoms with Crippen molar-refractivity contribution in [3.63, 3.8) is 0 Å². The normalized spacial score (nSPS) is 29.6. The molecule has 0 aliphatic carbocycles. The number of nitrogens with one attached hydrogen (secondary N) is 1. The summed E-state index contributed by atoms with van der Waals surface area (Å²) in [7, 11) is 0. The minimum Gasteiger partial charge on any atom is -0.461 e. The lowest BCUT2D eigenvalue weighted by Crippen LogP contribution is -2.53. The molecule has 1 fully saturated rings. The topological polar surface area (TPSA) is 38.3 Å². The van der Waals surface area contributed by atoms with Crippen LogP contribution in [0.4, 0.5) is 0 Å². The van der Waals surface area contributed by atoms with Crippen LogP contribution in [0.15, 0.2) is 0 Å². The zero-order chi connectivity index (χ0) is 10.6. The number of piperidine rings is 1. The van der Waals surface area contributed by atoms with E-state index in [2.05, 4.69) is 5.32 Å². The van der Waals surface area contributed by atoms with Gasteiger partial charge >= 0.3 is 5.97 Å². The molecule has 3 heteroatoms. The van der Waals surface area contributed by atoms with Crippen LogP contribution in [0.3, 0.4) is 0 Å². The molecule has 0 aromatic carbocycles. The van der Waals surface area contributed by atoms with Gasteiger partial charge in [-0.15, -0.1) is 0 Å². The Labute approximate surface area is 86.2 Å². The van der Waals surface area contributed by atoms with Gasteiger partial charge in [0.25, 0.3) is 0 Å². The van der Waals surface area contributed by atoms with Crippen molar-refractivity contribution in [3.8, 4) is 0 Å². The third kappa shape index (κ3) is 2.71. The average molecular weight is 199 g/mol. The third-order valence-electron chi connectivity index (χ3n) is 2.95. The molecule has 0 spiro atoms. The van der Waals surface area contributed by atoms with Gasteiger partial charge in [0.2, 0.25) is 0 Å². The molecular formula is C11H21NO2. The van der Waals surface area contributed by atoms with Crippen molar-refractivity contribution >= 4 is 5.97 Å². The standard InChI is InChI=1S/C11H21NO2/c1-4-9(2)14-10(13)11(3)7-5-6-8-12-11/h9,12H,4-8H2,1-3H3. The highest BCUT2D eigenvalue weighted by Gasteiger charge is 2.36. The molecule has 1 N–H and O–H groups in total. The van der Waals surface area contributed by atoms with Gasteiger partial charge in [-0.3, -0.25) is 4.79 Å². The monoisotopic (exact) mass is 199 g/mol. The highest BCUT2D eigenvalue weighted by atomic mass is 16.5. The largest absolute Gasteiger partial charge is 0.461 e. The van der Waals surface area contributed by atoms with E-state index < -0.39 is 5.54 Å². The van der Waals surface area contributed by atoms with Crippen molar-refractivity contribution in [2.45, 2.75) is 58.1 Å². The number of rotatable bonds is 3. The van der Waals surface area contributed by atoms with Gasteiger partial charge in [-0.25, -0.2) is 0 Å². The van der Waals surface area contributed by atoms with Gasteiger partial charge in [-0.05, 0) is 46.1 Å². The lowest BCUT2D eigenvalue weighted by atomic mass is 9.91. The third-order valence-corrected chi connectivity index (χ3v) is 2.95. The number of carbonyl (C=O) groups excluding carboxylic acids is 1.